The molecule has 12 heavy (non-hydrogen) atoms. The maximum Gasteiger partial charge on any atom is 0.348 e. The molecule has 0 aliphatic heterocycles. The van der Waals surface area contributed by atoms with Gasteiger partial charge >= 0.3 is 5.69 Å². The van der Waals surface area contributed by atoms with E-state index in [0.717, 1.165) is 11.4 Å². The van der Waals surface area contributed by atoms with E-state index in [2.05, 4.69) is 15.2 Å². The van der Waals surface area contributed by atoms with Gasteiger partial charge in [0.1, 0.15) is 0 Å². The number of fused-ring (bicyclic) bond motifs is 1. The predicted molar refractivity (Wildman–Crippen MR) is 43.1 cm³/mol. The first-order valence-corrected chi connectivity index (χ1v) is 3.59. The minimum absolute atomic E-state index is 0.215. The summed E-state index contributed by atoms with van der Waals surface area (Å²) in [5.74, 6) is 0. The quantitative estimate of drug-likeness (QED) is 0.597. The minimum atomic E-state index is -0.215. The largest absolute Gasteiger partial charge is 0.348 e. The van der Waals surface area contributed by atoms with Gasteiger partial charge in [0.2, 0.25) is 0 Å². The number of H-pyrrole nitrogens is 1. The molecule has 0 atom stereocenters. The van der Waals surface area contributed by atoms with Gasteiger partial charge in [0.05, 0.1) is 5.69 Å². The van der Waals surface area contributed by atoms with Crippen molar-refractivity contribution in [1.29, 1.82) is 0 Å². The number of nitrogens with zero attached hydrogens (tertiary/aromatic N) is 3. The van der Waals surface area contributed by atoms with Crippen molar-refractivity contribution in [2.24, 2.45) is 0 Å². The van der Waals surface area contributed by atoms with Gasteiger partial charge in [-0.15, -0.1) is 0 Å². The van der Waals surface area contributed by atoms with Crippen LogP contribution >= 0.6 is 0 Å². The fraction of sp³-hybridized carbons (Fsp3) is 0.286. The van der Waals surface area contributed by atoms with Gasteiger partial charge in [-0.2, -0.15) is 5.10 Å². The molecule has 0 aromatic carbocycles. The molecule has 2 rings (SSSR count). The molecular weight excluding hydrogens is 156 g/mol. The summed E-state index contributed by atoms with van der Waals surface area (Å²) in [6.45, 7) is 3.63. The van der Waals surface area contributed by atoms with Crippen LogP contribution < -0.4 is 5.69 Å². The van der Waals surface area contributed by atoms with Crippen LogP contribution in [0.15, 0.2) is 11.0 Å². The second-order valence-electron chi connectivity index (χ2n) is 2.67. The molecule has 62 valence electrons. The third kappa shape index (κ3) is 0.761. The minimum Gasteiger partial charge on any atom is -0.256 e. The van der Waals surface area contributed by atoms with Crippen molar-refractivity contribution in [2.45, 2.75) is 13.8 Å². The number of hydrogen-bond donors (Lipinski definition) is 1. The molecule has 0 saturated carbocycles. The van der Waals surface area contributed by atoms with E-state index in [1.54, 1.807) is 6.20 Å². The number of nitrogens with one attached hydrogen (secondary N) is 1. The Morgan fingerprint density at radius 1 is 1.50 bits per heavy atom. The van der Waals surface area contributed by atoms with Gasteiger partial charge in [0, 0.05) is 11.9 Å². The van der Waals surface area contributed by atoms with E-state index in [4.69, 9.17) is 0 Å². The lowest BCUT2D eigenvalue weighted by Crippen LogP contribution is -2.12. The van der Waals surface area contributed by atoms with Crippen LogP contribution in [0.3, 0.4) is 0 Å². The molecular formula is C7H8N4O. The monoisotopic (exact) mass is 164 g/mol. The smallest absolute Gasteiger partial charge is 0.256 e. The SMILES string of the molecule is Cc1ncc(C)n2c(=O)[nH]nc12. The summed E-state index contributed by atoms with van der Waals surface area (Å²) in [5, 5.41) is 6.22. The zero-order chi connectivity index (χ0) is 8.72. The summed E-state index contributed by atoms with van der Waals surface area (Å²) in [5.41, 5.74) is 1.92. The maximum absolute atomic E-state index is 11.2. The van der Waals surface area contributed by atoms with Crippen LogP contribution in [0.2, 0.25) is 0 Å². The third-order valence-electron chi connectivity index (χ3n) is 1.79. The van der Waals surface area contributed by atoms with Crippen molar-refractivity contribution in [2.75, 3.05) is 0 Å². The predicted octanol–water partition coefficient (Wildman–Crippen LogP) is 0.0344. The van der Waals surface area contributed by atoms with Gasteiger partial charge in [-0.25, -0.2) is 14.3 Å². The number of rotatable bonds is 0. The Morgan fingerprint density at radius 3 is 2.92 bits per heavy atom. The van der Waals surface area contributed by atoms with Crippen molar-refractivity contribution in [3.8, 4) is 0 Å². The molecule has 2 aromatic rings. The van der Waals surface area contributed by atoms with Gasteiger partial charge in [-0.05, 0) is 13.8 Å². The van der Waals surface area contributed by atoms with Crippen LogP contribution in [-0.4, -0.2) is 19.6 Å². The first-order chi connectivity index (χ1) is 5.70. The second kappa shape index (κ2) is 2.17. The molecule has 2 heterocycles. The van der Waals surface area contributed by atoms with Crippen LogP contribution in [0.1, 0.15) is 11.4 Å². The lowest BCUT2D eigenvalue weighted by molar-refractivity contribution is 0.967. The average Bonchev–Trinajstić information content (AvgIpc) is 2.42. The van der Waals surface area contributed by atoms with Gasteiger partial charge in [0.15, 0.2) is 5.65 Å². The molecule has 0 saturated heterocycles. The molecule has 0 bridgehead atoms. The zero-order valence-corrected chi connectivity index (χ0v) is 6.83. The van der Waals surface area contributed by atoms with E-state index in [1.807, 2.05) is 13.8 Å². The normalized spacial score (nSPS) is 10.8. The molecule has 0 unspecified atom stereocenters. The third-order valence-corrected chi connectivity index (χ3v) is 1.79. The Hall–Kier alpha value is -1.65. The lowest BCUT2D eigenvalue weighted by atomic mass is 10.4. The van der Waals surface area contributed by atoms with Crippen LogP contribution in [0.25, 0.3) is 5.65 Å². The van der Waals surface area contributed by atoms with Crippen LogP contribution in [-0.2, 0) is 0 Å². The fourth-order valence-corrected chi connectivity index (χ4v) is 1.17. The molecule has 0 fully saturated rings. The molecule has 0 radical (unpaired) electrons. The molecule has 0 aliphatic rings. The van der Waals surface area contributed by atoms with E-state index in [1.165, 1.54) is 4.40 Å². The van der Waals surface area contributed by atoms with Crippen molar-refractivity contribution >= 4 is 5.65 Å². The summed E-state index contributed by atoms with van der Waals surface area (Å²) in [7, 11) is 0. The molecule has 5 heteroatoms. The topological polar surface area (TPSA) is 63.1 Å². The number of hydrogen-bond acceptors (Lipinski definition) is 3. The van der Waals surface area contributed by atoms with Crippen molar-refractivity contribution in [1.82, 2.24) is 19.6 Å². The van der Waals surface area contributed by atoms with Crippen molar-refractivity contribution < 1.29 is 0 Å². The standard InChI is InChI=1S/C7H8N4O/c1-4-3-8-5(2)6-9-10-7(12)11(4)6/h3H,1-2H3,(H,10,12). The Labute approximate surface area is 68.1 Å². The summed E-state index contributed by atoms with van der Waals surface area (Å²) in [4.78, 5) is 15.2. The Bertz CT molecular complexity index is 482. The first kappa shape index (κ1) is 7.02. The second-order valence-corrected chi connectivity index (χ2v) is 2.67. The van der Waals surface area contributed by atoms with Crippen LogP contribution in [0.4, 0.5) is 0 Å². The van der Waals surface area contributed by atoms with Crippen LogP contribution in [0.5, 0.6) is 0 Å². The fourth-order valence-electron chi connectivity index (χ4n) is 1.17. The average molecular weight is 164 g/mol. The molecule has 2 aromatic heterocycles. The number of aromatic amines is 1. The van der Waals surface area contributed by atoms with Crippen molar-refractivity contribution in [3.05, 3.63) is 28.1 Å². The molecule has 1 N–H and O–H groups in total. The molecule has 0 aliphatic carbocycles. The van der Waals surface area contributed by atoms with Gasteiger partial charge in [0.25, 0.3) is 0 Å². The highest BCUT2D eigenvalue weighted by atomic mass is 16.1. The van der Waals surface area contributed by atoms with E-state index >= 15 is 0 Å². The molecule has 0 spiro atoms. The van der Waals surface area contributed by atoms with Gasteiger partial charge in [-0.1, -0.05) is 0 Å². The summed E-state index contributed by atoms with van der Waals surface area (Å²) >= 11 is 0. The van der Waals surface area contributed by atoms with Gasteiger partial charge < -0.3 is 0 Å². The Balaban J connectivity index is 3.09. The van der Waals surface area contributed by atoms with E-state index in [9.17, 15) is 4.79 Å². The number of aryl methyl sites for hydroxylation is 2. The summed E-state index contributed by atoms with van der Waals surface area (Å²) < 4.78 is 1.50. The Morgan fingerprint density at radius 2 is 2.25 bits per heavy atom. The first-order valence-electron chi connectivity index (χ1n) is 3.59. The molecule has 5 nitrogen and oxygen atoms in total. The zero-order valence-electron chi connectivity index (χ0n) is 6.83. The highest BCUT2D eigenvalue weighted by molar-refractivity contribution is 5.42. The highest BCUT2D eigenvalue weighted by Gasteiger charge is 2.05. The van der Waals surface area contributed by atoms with E-state index in [0.29, 0.717) is 5.65 Å². The number of aromatic nitrogens is 4. The summed E-state index contributed by atoms with van der Waals surface area (Å²) in [6.07, 6.45) is 1.65. The lowest BCUT2D eigenvalue weighted by Gasteiger charge is -1.97. The molecule has 0 amide bonds. The van der Waals surface area contributed by atoms with Gasteiger partial charge in [-0.3, -0.25) is 4.98 Å². The van der Waals surface area contributed by atoms with Crippen molar-refractivity contribution in [3.63, 3.8) is 0 Å². The summed E-state index contributed by atoms with van der Waals surface area (Å²) in [6, 6.07) is 0. The van der Waals surface area contributed by atoms with Crippen LogP contribution in [0, 0.1) is 13.8 Å². The Kier molecular flexibility index (Phi) is 1.27. The van der Waals surface area contributed by atoms with E-state index < -0.39 is 0 Å². The van der Waals surface area contributed by atoms with E-state index in [-0.39, 0.29) is 5.69 Å². The highest BCUT2D eigenvalue weighted by Crippen LogP contribution is 2.02. The maximum atomic E-state index is 11.2.